The molecule has 1 fully saturated rings. The minimum Gasteiger partial charge on any atom is -0.292 e. The number of hydrogen-bond donors (Lipinski definition) is 0. The SMILES string of the molecule is CCn1nncc1C(=O)C1CCC1. The standard InChI is InChI=1S/C9H13N3O/c1-2-12-8(6-10-11-12)9(13)7-4-3-5-7/h6-7H,2-5H2,1H3. The molecule has 70 valence electrons. The zero-order chi connectivity index (χ0) is 9.26. The Hall–Kier alpha value is -1.19. The van der Waals surface area contributed by atoms with Crippen molar-refractivity contribution in [3.05, 3.63) is 11.9 Å². The van der Waals surface area contributed by atoms with Crippen molar-refractivity contribution in [1.82, 2.24) is 15.0 Å². The van der Waals surface area contributed by atoms with Crippen LogP contribution in [0.1, 0.15) is 36.7 Å². The Balaban J connectivity index is 2.18. The molecule has 1 aliphatic carbocycles. The fourth-order valence-electron chi connectivity index (χ4n) is 1.56. The van der Waals surface area contributed by atoms with Gasteiger partial charge in [0.15, 0.2) is 5.78 Å². The lowest BCUT2D eigenvalue weighted by Gasteiger charge is -2.23. The summed E-state index contributed by atoms with van der Waals surface area (Å²) >= 11 is 0. The average molecular weight is 179 g/mol. The number of aromatic nitrogens is 3. The fraction of sp³-hybridized carbons (Fsp3) is 0.667. The minimum atomic E-state index is 0.220. The van der Waals surface area contributed by atoms with E-state index in [9.17, 15) is 4.79 Å². The first-order valence-electron chi connectivity index (χ1n) is 4.75. The van der Waals surface area contributed by atoms with E-state index in [4.69, 9.17) is 0 Å². The van der Waals surface area contributed by atoms with Crippen LogP contribution >= 0.6 is 0 Å². The maximum Gasteiger partial charge on any atom is 0.185 e. The third-order valence-corrected chi connectivity index (χ3v) is 2.65. The predicted octanol–water partition coefficient (Wildman–Crippen LogP) is 1.28. The van der Waals surface area contributed by atoms with Crippen LogP contribution < -0.4 is 0 Å². The van der Waals surface area contributed by atoms with Gasteiger partial charge >= 0.3 is 0 Å². The molecular weight excluding hydrogens is 166 g/mol. The number of aryl methyl sites for hydroxylation is 1. The number of carbonyl (C=O) groups is 1. The minimum absolute atomic E-state index is 0.220. The van der Waals surface area contributed by atoms with Gasteiger partial charge in [-0.2, -0.15) is 0 Å². The highest BCUT2D eigenvalue weighted by atomic mass is 16.1. The third kappa shape index (κ3) is 1.36. The summed E-state index contributed by atoms with van der Waals surface area (Å²) in [6.45, 7) is 2.68. The smallest absolute Gasteiger partial charge is 0.185 e. The second-order valence-corrected chi connectivity index (χ2v) is 3.43. The van der Waals surface area contributed by atoms with Crippen LogP contribution in [0.2, 0.25) is 0 Å². The molecule has 1 heterocycles. The molecule has 0 amide bonds. The van der Waals surface area contributed by atoms with Crippen molar-refractivity contribution in [3.63, 3.8) is 0 Å². The van der Waals surface area contributed by atoms with Gasteiger partial charge in [-0.1, -0.05) is 11.6 Å². The van der Waals surface area contributed by atoms with Crippen LogP contribution in [-0.4, -0.2) is 20.8 Å². The Labute approximate surface area is 76.9 Å². The number of nitrogens with zero attached hydrogens (tertiary/aromatic N) is 3. The van der Waals surface area contributed by atoms with Gasteiger partial charge in [-0.05, 0) is 19.8 Å². The van der Waals surface area contributed by atoms with E-state index in [0.717, 1.165) is 12.8 Å². The molecule has 0 unspecified atom stereocenters. The molecule has 1 aliphatic rings. The van der Waals surface area contributed by atoms with Crippen molar-refractivity contribution in [2.45, 2.75) is 32.7 Å². The summed E-state index contributed by atoms with van der Waals surface area (Å²) in [5.74, 6) is 0.460. The summed E-state index contributed by atoms with van der Waals surface area (Å²) in [7, 11) is 0. The van der Waals surface area contributed by atoms with E-state index in [2.05, 4.69) is 10.3 Å². The Morgan fingerprint density at radius 1 is 1.69 bits per heavy atom. The van der Waals surface area contributed by atoms with Gasteiger partial charge in [0.2, 0.25) is 0 Å². The zero-order valence-corrected chi connectivity index (χ0v) is 7.73. The molecule has 0 atom stereocenters. The number of Topliss-reactive ketones (excluding diaryl/α,β-unsaturated/α-hetero) is 1. The number of rotatable bonds is 3. The van der Waals surface area contributed by atoms with Gasteiger partial charge in [0, 0.05) is 12.5 Å². The second kappa shape index (κ2) is 3.28. The van der Waals surface area contributed by atoms with Crippen molar-refractivity contribution < 1.29 is 4.79 Å². The maximum absolute atomic E-state index is 11.8. The van der Waals surface area contributed by atoms with Crippen LogP contribution in [0, 0.1) is 5.92 Å². The molecule has 0 spiro atoms. The zero-order valence-electron chi connectivity index (χ0n) is 7.73. The highest BCUT2D eigenvalue weighted by Gasteiger charge is 2.28. The Morgan fingerprint density at radius 3 is 3.00 bits per heavy atom. The van der Waals surface area contributed by atoms with E-state index >= 15 is 0 Å². The molecular formula is C9H13N3O. The molecule has 1 aromatic heterocycles. The molecule has 0 aliphatic heterocycles. The van der Waals surface area contributed by atoms with Crippen LogP contribution in [-0.2, 0) is 6.54 Å². The number of ketones is 1. The average Bonchev–Trinajstić information content (AvgIpc) is 2.47. The lowest BCUT2D eigenvalue weighted by atomic mass is 9.81. The van der Waals surface area contributed by atoms with E-state index in [1.807, 2.05) is 6.92 Å². The van der Waals surface area contributed by atoms with Gasteiger partial charge < -0.3 is 0 Å². The normalized spacial score (nSPS) is 17.0. The van der Waals surface area contributed by atoms with Crippen molar-refractivity contribution in [1.29, 1.82) is 0 Å². The fourth-order valence-corrected chi connectivity index (χ4v) is 1.56. The molecule has 13 heavy (non-hydrogen) atoms. The van der Waals surface area contributed by atoms with Gasteiger partial charge in [-0.15, -0.1) is 5.10 Å². The molecule has 0 radical (unpaired) electrons. The van der Waals surface area contributed by atoms with Crippen molar-refractivity contribution in [2.75, 3.05) is 0 Å². The van der Waals surface area contributed by atoms with E-state index < -0.39 is 0 Å². The van der Waals surface area contributed by atoms with Crippen molar-refractivity contribution in [3.8, 4) is 0 Å². The highest BCUT2D eigenvalue weighted by Crippen LogP contribution is 2.29. The molecule has 2 rings (SSSR count). The van der Waals surface area contributed by atoms with Gasteiger partial charge in [0.25, 0.3) is 0 Å². The number of carbonyl (C=O) groups excluding carboxylic acids is 1. The van der Waals surface area contributed by atoms with E-state index in [1.165, 1.54) is 6.42 Å². The summed E-state index contributed by atoms with van der Waals surface area (Å²) in [5.41, 5.74) is 0.673. The molecule has 0 N–H and O–H groups in total. The van der Waals surface area contributed by atoms with Crippen LogP contribution in [0.5, 0.6) is 0 Å². The van der Waals surface area contributed by atoms with Gasteiger partial charge in [-0.3, -0.25) is 4.79 Å². The van der Waals surface area contributed by atoms with Crippen LogP contribution in [0.4, 0.5) is 0 Å². The lowest BCUT2D eigenvalue weighted by molar-refractivity contribution is 0.0844. The highest BCUT2D eigenvalue weighted by molar-refractivity contribution is 5.96. The molecule has 0 bridgehead atoms. The van der Waals surface area contributed by atoms with E-state index in [0.29, 0.717) is 12.2 Å². The van der Waals surface area contributed by atoms with Crippen LogP contribution in [0.25, 0.3) is 0 Å². The summed E-state index contributed by atoms with van der Waals surface area (Å²) in [6, 6.07) is 0. The third-order valence-electron chi connectivity index (χ3n) is 2.65. The van der Waals surface area contributed by atoms with Gasteiger partial charge in [0.1, 0.15) is 5.69 Å². The number of hydrogen-bond acceptors (Lipinski definition) is 3. The lowest BCUT2D eigenvalue weighted by Crippen LogP contribution is -2.24. The molecule has 4 heteroatoms. The topological polar surface area (TPSA) is 47.8 Å². The summed E-state index contributed by atoms with van der Waals surface area (Å²) in [4.78, 5) is 11.8. The largest absolute Gasteiger partial charge is 0.292 e. The van der Waals surface area contributed by atoms with Gasteiger partial charge in [-0.25, -0.2) is 4.68 Å². The Bertz CT molecular complexity index is 314. The Morgan fingerprint density at radius 2 is 2.46 bits per heavy atom. The summed E-state index contributed by atoms with van der Waals surface area (Å²) in [6.07, 6.45) is 4.83. The Kier molecular flexibility index (Phi) is 2.12. The second-order valence-electron chi connectivity index (χ2n) is 3.43. The van der Waals surface area contributed by atoms with Crippen molar-refractivity contribution in [2.24, 2.45) is 5.92 Å². The van der Waals surface area contributed by atoms with E-state index in [1.54, 1.807) is 10.9 Å². The molecule has 4 nitrogen and oxygen atoms in total. The molecule has 0 saturated heterocycles. The van der Waals surface area contributed by atoms with Gasteiger partial charge in [0.05, 0.1) is 6.20 Å². The maximum atomic E-state index is 11.8. The molecule has 0 aromatic carbocycles. The first-order chi connectivity index (χ1) is 6.33. The monoisotopic (exact) mass is 179 g/mol. The first kappa shape index (κ1) is 8.41. The molecule has 1 aromatic rings. The quantitative estimate of drug-likeness (QED) is 0.657. The predicted molar refractivity (Wildman–Crippen MR) is 47.4 cm³/mol. The van der Waals surface area contributed by atoms with Crippen molar-refractivity contribution >= 4 is 5.78 Å². The summed E-state index contributed by atoms with van der Waals surface area (Å²) < 4.78 is 1.67. The van der Waals surface area contributed by atoms with Crippen LogP contribution in [0.15, 0.2) is 6.20 Å². The van der Waals surface area contributed by atoms with E-state index in [-0.39, 0.29) is 11.7 Å². The summed E-state index contributed by atoms with van der Waals surface area (Å²) in [5, 5.41) is 7.59. The first-order valence-corrected chi connectivity index (χ1v) is 4.75. The van der Waals surface area contributed by atoms with Crippen LogP contribution in [0.3, 0.4) is 0 Å². The molecule has 1 saturated carbocycles.